The number of ether oxygens (including phenoxy) is 1. The first-order chi connectivity index (χ1) is 17.4. The lowest BCUT2D eigenvalue weighted by molar-refractivity contribution is -0.221. The molecule has 11 heteroatoms. The van der Waals surface area contributed by atoms with Crippen LogP contribution in [0.2, 0.25) is 0 Å². The molecular weight excluding hydrogens is 527 g/mol. The van der Waals surface area contributed by atoms with Gasteiger partial charge in [-0.05, 0) is 61.6 Å². The molecule has 0 amide bonds. The van der Waals surface area contributed by atoms with Crippen molar-refractivity contribution in [3.05, 3.63) is 40.4 Å². The summed E-state index contributed by atoms with van der Waals surface area (Å²) in [6, 6.07) is -1.06. The number of esters is 1. The van der Waals surface area contributed by atoms with Gasteiger partial charge in [0.1, 0.15) is 12.2 Å². The normalized spacial score (nSPS) is 44.5. The number of halogens is 3. The summed E-state index contributed by atoms with van der Waals surface area (Å²) in [5.74, 6) is -3.71. The lowest BCUT2D eigenvalue weighted by Gasteiger charge is -2.63. The van der Waals surface area contributed by atoms with Crippen molar-refractivity contribution >= 4 is 40.0 Å². The number of aliphatic hydroxyl groups is 1. The van der Waals surface area contributed by atoms with Gasteiger partial charge in [-0.1, -0.05) is 19.9 Å². The van der Waals surface area contributed by atoms with Crippen molar-refractivity contribution in [1.29, 1.82) is 0 Å². The number of allylic oxidation sites excluding steroid dienone is 4. The Bertz CT molecular complexity index is 1210. The van der Waals surface area contributed by atoms with E-state index in [0.29, 0.717) is 11.8 Å². The molecule has 3 fully saturated rings. The Balaban J connectivity index is 1.64. The molecule has 5 rings (SSSR count). The van der Waals surface area contributed by atoms with Crippen LogP contribution in [0.3, 0.4) is 0 Å². The molecule has 6 nitrogen and oxygen atoms in total. The van der Waals surface area contributed by atoms with E-state index in [-0.39, 0.29) is 30.5 Å². The van der Waals surface area contributed by atoms with Crippen molar-refractivity contribution in [2.24, 2.45) is 28.6 Å². The van der Waals surface area contributed by atoms with Crippen LogP contribution in [-0.2, 0) is 14.3 Å². The standard InChI is InChI=1S/C26H28F3NO5S2/c1-13-6-15-16-8-18(28)17-7-14(31)4-5-23(17,2)25(16,29)20(32)9-24(15,3)26(13,22(34)37-11-27)35-21(33)19-10-36-12-30-19/h4-5,7,10,12-13,15-16,18,20,32H,6,8-9,11H2,1-3H3/t13?,15-,16-,18?,20?,23-,24-,25?,26?/m0/s1. The van der Waals surface area contributed by atoms with Gasteiger partial charge in [0.15, 0.2) is 22.7 Å². The molecule has 9 atom stereocenters. The molecule has 5 unspecified atom stereocenters. The van der Waals surface area contributed by atoms with Crippen molar-refractivity contribution in [3.63, 3.8) is 0 Å². The summed E-state index contributed by atoms with van der Waals surface area (Å²) >= 11 is 1.53. The van der Waals surface area contributed by atoms with E-state index in [2.05, 4.69) is 4.98 Å². The molecule has 1 heterocycles. The summed E-state index contributed by atoms with van der Waals surface area (Å²) in [7, 11) is 0. The van der Waals surface area contributed by atoms with Crippen LogP contribution in [0.4, 0.5) is 13.2 Å². The number of carbonyl (C=O) groups is 3. The summed E-state index contributed by atoms with van der Waals surface area (Å²) in [4.78, 5) is 42.7. The molecule has 1 aromatic heterocycles. The Hall–Kier alpha value is -1.98. The fraction of sp³-hybridized carbons (Fsp3) is 0.615. The van der Waals surface area contributed by atoms with Gasteiger partial charge < -0.3 is 9.84 Å². The first kappa shape index (κ1) is 26.6. The topological polar surface area (TPSA) is 93.6 Å². The second kappa shape index (κ2) is 8.77. The Kier molecular flexibility index (Phi) is 6.31. The number of hydrogen-bond donors (Lipinski definition) is 1. The number of rotatable bonds is 4. The van der Waals surface area contributed by atoms with E-state index >= 15 is 8.78 Å². The SMILES string of the molecule is CC1C[C@H]2[C@@H]3CC(F)C4=CC(=O)C=C[C@]4(C)C3(F)C(O)C[C@]2(C)C1(OC(=O)c1cscn1)C(=O)SCF. The van der Waals surface area contributed by atoms with Crippen LogP contribution in [0, 0.1) is 28.6 Å². The van der Waals surface area contributed by atoms with Crippen molar-refractivity contribution < 1.29 is 37.4 Å². The molecule has 200 valence electrons. The molecule has 0 spiro atoms. The van der Waals surface area contributed by atoms with Crippen LogP contribution in [0.1, 0.15) is 50.5 Å². The van der Waals surface area contributed by atoms with Gasteiger partial charge in [0.2, 0.25) is 5.12 Å². The molecule has 0 saturated heterocycles. The average molecular weight is 556 g/mol. The molecular formula is C26H28F3NO5S2. The summed E-state index contributed by atoms with van der Waals surface area (Å²) in [6.07, 6.45) is -0.0476. The Labute approximate surface area is 220 Å². The van der Waals surface area contributed by atoms with Gasteiger partial charge in [0.25, 0.3) is 0 Å². The largest absolute Gasteiger partial charge is 0.444 e. The first-order valence-corrected chi connectivity index (χ1v) is 14.1. The number of carbonyl (C=O) groups excluding carboxylic acids is 3. The number of hydrogen-bond acceptors (Lipinski definition) is 8. The predicted octanol–water partition coefficient (Wildman–Crippen LogP) is 4.79. The zero-order valence-electron chi connectivity index (χ0n) is 20.6. The highest BCUT2D eigenvalue weighted by Gasteiger charge is 2.78. The van der Waals surface area contributed by atoms with Gasteiger partial charge in [-0.3, -0.25) is 9.59 Å². The van der Waals surface area contributed by atoms with Crippen LogP contribution in [0.25, 0.3) is 0 Å². The van der Waals surface area contributed by atoms with E-state index in [1.54, 1.807) is 13.8 Å². The molecule has 0 aromatic carbocycles. The van der Waals surface area contributed by atoms with Crippen molar-refractivity contribution in [2.75, 3.05) is 6.01 Å². The van der Waals surface area contributed by atoms with Crippen LogP contribution >= 0.6 is 23.1 Å². The minimum absolute atomic E-state index is 0.00210. The summed E-state index contributed by atoms with van der Waals surface area (Å²) in [5.41, 5.74) is -5.71. The van der Waals surface area contributed by atoms with E-state index in [4.69, 9.17) is 4.74 Å². The number of fused-ring (bicyclic) bond motifs is 5. The maximum Gasteiger partial charge on any atom is 0.358 e. The second-order valence-electron chi connectivity index (χ2n) is 11.0. The van der Waals surface area contributed by atoms with Crippen molar-refractivity contribution in [3.8, 4) is 0 Å². The highest BCUT2D eigenvalue weighted by molar-refractivity contribution is 8.13. The van der Waals surface area contributed by atoms with E-state index < -0.39 is 75.0 Å². The van der Waals surface area contributed by atoms with Crippen LogP contribution in [0.5, 0.6) is 0 Å². The van der Waals surface area contributed by atoms with Crippen LogP contribution in [0.15, 0.2) is 34.7 Å². The molecule has 3 saturated carbocycles. The lowest BCUT2D eigenvalue weighted by Crippen LogP contribution is -2.70. The summed E-state index contributed by atoms with van der Waals surface area (Å²) in [6.45, 7) is 4.82. The maximum atomic E-state index is 17.4. The van der Waals surface area contributed by atoms with Crippen molar-refractivity contribution in [2.45, 2.75) is 63.6 Å². The Morgan fingerprint density at radius 1 is 1.30 bits per heavy atom. The minimum Gasteiger partial charge on any atom is -0.444 e. The van der Waals surface area contributed by atoms with Crippen molar-refractivity contribution in [1.82, 2.24) is 4.98 Å². The number of aromatic nitrogens is 1. The fourth-order valence-electron chi connectivity index (χ4n) is 7.89. The van der Waals surface area contributed by atoms with E-state index in [9.17, 15) is 23.9 Å². The summed E-state index contributed by atoms with van der Waals surface area (Å²) < 4.78 is 52.4. The van der Waals surface area contributed by atoms with Crippen LogP contribution < -0.4 is 0 Å². The molecule has 0 radical (unpaired) electrons. The van der Waals surface area contributed by atoms with E-state index in [1.807, 2.05) is 0 Å². The fourth-order valence-corrected chi connectivity index (χ4v) is 9.20. The first-order valence-electron chi connectivity index (χ1n) is 12.2. The number of aliphatic hydroxyl groups excluding tert-OH is 1. The molecule has 0 aliphatic heterocycles. The quantitative estimate of drug-likeness (QED) is 0.534. The highest BCUT2D eigenvalue weighted by Crippen LogP contribution is 2.72. The number of nitrogens with zero attached hydrogens (tertiary/aromatic N) is 1. The number of thioether (sulfide) groups is 1. The average Bonchev–Trinajstić information content (AvgIpc) is 3.45. The van der Waals surface area contributed by atoms with E-state index in [1.165, 1.54) is 30.0 Å². The van der Waals surface area contributed by atoms with Gasteiger partial charge in [-0.25, -0.2) is 22.9 Å². The minimum atomic E-state index is -2.34. The monoisotopic (exact) mass is 555 g/mol. The predicted molar refractivity (Wildman–Crippen MR) is 132 cm³/mol. The third kappa shape index (κ3) is 3.35. The molecule has 37 heavy (non-hydrogen) atoms. The third-order valence-corrected chi connectivity index (χ3v) is 10.8. The third-order valence-electron chi connectivity index (χ3n) is 9.55. The van der Waals surface area contributed by atoms with Gasteiger partial charge in [-0.2, -0.15) is 0 Å². The van der Waals surface area contributed by atoms with Gasteiger partial charge in [0, 0.05) is 28.0 Å². The number of thiazole rings is 1. The number of ketones is 1. The molecule has 1 N–H and O–H groups in total. The highest BCUT2D eigenvalue weighted by atomic mass is 32.2. The number of alkyl halides is 3. The Morgan fingerprint density at radius 2 is 2.03 bits per heavy atom. The molecule has 4 aliphatic carbocycles. The molecule has 4 aliphatic rings. The van der Waals surface area contributed by atoms with Crippen LogP contribution in [-0.4, -0.2) is 56.5 Å². The zero-order valence-corrected chi connectivity index (χ0v) is 22.2. The summed E-state index contributed by atoms with van der Waals surface area (Å²) in [5, 5.41) is 12.2. The lowest BCUT2D eigenvalue weighted by atomic mass is 9.44. The van der Waals surface area contributed by atoms with Gasteiger partial charge in [-0.15, -0.1) is 11.3 Å². The second-order valence-corrected chi connectivity index (χ2v) is 12.6. The molecule has 0 bridgehead atoms. The van der Waals surface area contributed by atoms with Gasteiger partial charge >= 0.3 is 5.97 Å². The van der Waals surface area contributed by atoms with Gasteiger partial charge in [0.05, 0.1) is 11.6 Å². The van der Waals surface area contributed by atoms with E-state index in [0.717, 1.165) is 17.4 Å². The molecule has 1 aromatic rings. The Morgan fingerprint density at radius 3 is 2.68 bits per heavy atom. The smallest absolute Gasteiger partial charge is 0.358 e. The maximum absolute atomic E-state index is 17.4. The zero-order chi connectivity index (χ0) is 27.0.